The molecule has 9 heteroatoms. The van der Waals surface area contributed by atoms with Crippen LogP contribution in [0.5, 0.6) is 0 Å². The van der Waals surface area contributed by atoms with Crippen LogP contribution in [0.4, 0.5) is 4.39 Å². The van der Waals surface area contributed by atoms with Crippen LogP contribution in [0.25, 0.3) is 0 Å². The number of aryl methyl sites for hydroxylation is 1. The Morgan fingerprint density at radius 3 is 2.73 bits per heavy atom. The molecule has 2 heterocycles. The van der Waals surface area contributed by atoms with Gasteiger partial charge in [-0.2, -0.15) is 0 Å². The molecule has 2 aromatic rings. The normalized spacial score (nSPS) is 20.0. The lowest BCUT2D eigenvalue weighted by Crippen LogP contribution is -2.39. The number of carbonyl (C=O) groups is 1. The fraction of sp³-hybridized carbons (Fsp3) is 0.412. The fourth-order valence-corrected chi connectivity index (χ4v) is 2.95. The topological polar surface area (TPSA) is 82.2 Å². The van der Waals surface area contributed by atoms with Crippen LogP contribution < -0.4 is 11.1 Å². The summed E-state index contributed by atoms with van der Waals surface area (Å²) >= 11 is 0. The fourth-order valence-electron chi connectivity index (χ4n) is 2.95. The molecule has 1 aliphatic heterocycles. The summed E-state index contributed by atoms with van der Waals surface area (Å²) in [6.45, 7) is 0.389. The molecule has 0 bridgehead atoms. The number of benzene rings is 1. The highest BCUT2D eigenvalue weighted by Gasteiger charge is 2.32. The van der Waals surface area contributed by atoms with Gasteiger partial charge in [0.05, 0.1) is 6.10 Å². The van der Waals surface area contributed by atoms with E-state index in [1.165, 1.54) is 6.07 Å². The third-order valence-electron chi connectivity index (χ3n) is 4.28. The van der Waals surface area contributed by atoms with E-state index < -0.39 is 18.0 Å². The Morgan fingerprint density at radius 1 is 1.42 bits per heavy atom. The largest absolute Gasteiger partial charge is 0.364 e. The summed E-state index contributed by atoms with van der Waals surface area (Å²) in [5, 5.41) is 2.88. The molecule has 1 aliphatic rings. The first kappa shape index (κ1) is 22.4. The molecule has 0 saturated carbocycles. The Hall–Kier alpha value is -1.67. The second kappa shape index (κ2) is 9.87. The maximum absolute atomic E-state index is 14.3. The predicted octanol–water partition coefficient (Wildman–Crippen LogP) is 2.11. The van der Waals surface area contributed by atoms with Crippen LogP contribution in [-0.4, -0.2) is 34.2 Å². The molecule has 1 saturated heterocycles. The highest BCUT2D eigenvalue weighted by molar-refractivity contribution is 5.85. The van der Waals surface area contributed by atoms with E-state index in [2.05, 4.69) is 10.3 Å². The van der Waals surface area contributed by atoms with Gasteiger partial charge in [-0.1, -0.05) is 18.2 Å². The standard InChI is InChI=1S/C17H21FN4O2.2ClH/c1-22-9-8-20-16(22)15(12-4-2-3-5-13(12)18)21-17(23)14-7-6-11(10-19)24-14;;/h2-5,8-9,11,14-15H,6-7,10,19H2,1H3,(H,21,23);2*1H/t11-,14+,15?;;/m1../s1. The van der Waals surface area contributed by atoms with Crippen molar-refractivity contribution in [3.63, 3.8) is 0 Å². The number of nitrogens with zero attached hydrogens (tertiary/aromatic N) is 2. The summed E-state index contributed by atoms with van der Waals surface area (Å²) in [5.41, 5.74) is 5.95. The van der Waals surface area contributed by atoms with E-state index in [4.69, 9.17) is 10.5 Å². The van der Waals surface area contributed by atoms with Gasteiger partial charge in [-0.3, -0.25) is 4.79 Å². The number of ether oxygens (including phenoxy) is 1. The van der Waals surface area contributed by atoms with E-state index in [1.54, 1.807) is 42.2 Å². The number of imidazole rings is 1. The Labute approximate surface area is 164 Å². The van der Waals surface area contributed by atoms with E-state index in [1.807, 2.05) is 0 Å². The van der Waals surface area contributed by atoms with Crippen molar-refractivity contribution in [1.29, 1.82) is 0 Å². The zero-order valence-electron chi connectivity index (χ0n) is 14.3. The van der Waals surface area contributed by atoms with Gasteiger partial charge in [-0.15, -0.1) is 24.8 Å². The molecule has 3 atom stereocenters. The molecule has 1 fully saturated rings. The second-order valence-corrected chi connectivity index (χ2v) is 5.92. The van der Waals surface area contributed by atoms with Gasteiger partial charge in [0.25, 0.3) is 0 Å². The average molecular weight is 405 g/mol. The smallest absolute Gasteiger partial charge is 0.250 e. The van der Waals surface area contributed by atoms with Crippen LogP contribution in [0, 0.1) is 5.82 Å². The summed E-state index contributed by atoms with van der Waals surface area (Å²) in [6, 6.07) is 5.68. The Morgan fingerprint density at radius 2 is 2.15 bits per heavy atom. The highest BCUT2D eigenvalue weighted by atomic mass is 35.5. The molecule has 0 radical (unpaired) electrons. The first-order valence-corrected chi connectivity index (χ1v) is 7.97. The molecule has 1 unspecified atom stereocenters. The summed E-state index contributed by atoms with van der Waals surface area (Å²) in [6.07, 6.45) is 4.08. The highest BCUT2D eigenvalue weighted by Crippen LogP contribution is 2.25. The number of halogens is 3. The molecule has 0 spiro atoms. The first-order chi connectivity index (χ1) is 11.6. The first-order valence-electron chi connectivity index (χ1n) is 7.97. The van der Waals surface area contributed by atoms with Crippen molar-refractivity contribution in [2.24, 2.45) is 12.8 Å². The van der Waals surface area contributed by atoms with E-state index in [0.29, 0.717) is 24.4 Å². The summed E-state index contributed by atoms with van der Waals surface area (Å²) in [7, 11) is 1.80. The minimum Gasteiger partial charge on any atom is -0.364 e. The van der Waals surface area contributed by atoms with Gasteiger partial charge < -0.3 is 20.4 Å². The third-order valence-corrected chi connectivity index (χ3v) is 4.28. The van der Waals surface area contributed by atoms with Crippen LogP contribution in [-0.2, 0) is 16.6 Å². The SMILES string of the molecule is Cl.Cl.Cn1ccnc1C(NC(=O)[C@@H]1CC[C@H](CN)O1)c1ccccc1F. The van der Waals surface area contributed by atoms with Gasteiger partial charge in [0.15, 0.2) is 0 Å². The van der Waals surface area contributed by atoms with E-state index >= 15 is 0 Å². The maximum atomic E-state index is 14.3. The van der Waals surface area contributed by atoms with Gasteiger partial charge in [0, 0.05) is 31.5 Å². The Balaban J connectivity index is 0.00000169. The van der Waals surface area contributed by atoms with Gasteiger partial charge in [-0.05, 0) is 18.9 Å². The van der Waals surface area contributed by atoms with Crippen molar-refractivity contribution in [3.05, 3.63) is 53.9 Å². The van der Waals surface area contributed by atoms with Crippen molar-refractivity contribution >= 4 is 30.7 Å². The summed E-state index contributed by atoms with van der Waals surface area (Å²) < 4.78 is 21.7. The molecular weight excluding hydrogens is 382 g/mol. The molecule has 1 amide bonds. The second-order valence-electron chi connectivity index (χ2n) is 5.92. The quantitative estimate of drug-likeness (QED) is 0.799. The predicted molar refractivity (Wildman–Crippen MR) is 101 cm³/mol. The number of carbonyl (C=O) groups excluding carboxylic acids is 1. The monoisotopic (exact) mass is 404 g/mol. The van der Waals surface area contributed by atoms with Crippen LogP contribution in [0.1, 0.15) is 30.3 Å². The number of aromatic nitrogens is 2. The van der Waals surface area contributed by atoms with Crippen molar-refractivity contribution in [1.82, 2.24) is 14.9 Å². The van der Waals surface area contributed by atoms with Crippen molar-refractivity contribution in [2.45, 2.75) is 31.1 Å². The number of hydrogen-bond acceptors (Lipinski definition) is 4. The molecule has 6 nitrogen and oxygen atoms in total. The number of hydrogen-bond donors (Lipinski definition) is 2. The molecule has 1 aromatic heterocycles. The van der Waals surface area contributed by atoms with Crippen LogP contribution in [0.2, 0.25) is 0 Å². The Kier molecular flexibility index (Phi) is 8.49. The molecular formula is C17H23Cl2FN4O2. The molecule has 1 aromatic carbocycles. The number of amides is 1. The van der Waals surface area contributed by atoms with Crippen molar-refractivity contribution in [2.75, 3.05) is 6.54 Å². The molecule has 0 aliphatic carbocycles. The van der Waals surface area contributed by atoms with E-state index in [0.717, 1.165) is 6.42 Å². The minimum atomic E-state index is -0.681. The third kappa shape index (κ3) is 4.73. The number of nitrogens with two attached hydrogens (primary N) is 1. The van der Waals surface area contributed by atoms with Gasteiger partial charge in [-0.25, -0.2) is 9.37 Å². The van der Waals surface area contributed by atoms with Gasteiger partial charge >= 0.3 is 0 Å². The van der Waals surface area contributed by atoms with Crippen molar-refractivity contribution < 1.29 is 13.9 Å². The molecule has 3 rings (SSSR count). The minimum absolute atomic E-state index is 0. The van der Waals surface area contributed by atoms with Crippen molar-refractivity contribution in [3.8, 4) is 0 Å². The van der Waals surface area contributed by atoms with Crippen LogP contribution in [0.15, 0.2) is 36.7 Å². The zero-order valence-corrected chi connectivity index (χ0v) is 15.9. The van der Waals surface area contributed by atoms with Gasteiger partial charge in [0.2, 0.25) is 5.91 Å². The van der Waals surface area contributed by atoms with E-state index in [-0.39, 0.29) is 36.8 Å². The average Bonchev–Trinajstić information content (AvgIpc) is 3.22. The molecule has 144 valence electrons. The maximum Gasteiger partial charge on any atom is 0.250 e. The summed E-state index contributed by atoms with van der Waals surface area (Å²) in [5.74, 6) is -0.109. The molecule has 3 N–H and O–H groups in total. The lowest BCUT2D eigenvalue weighted by atomic mass is 10.0. The zero-order chi connectivity index (χ0) is 17.1. The lowest BCUT2D eigenvalue weighted by Gasteiger charge is -2.21. The summed E-state index contributed by atoms with van der Waals surface area (Å²) in [4.78, 5) is 16.8. The van der Waals surface area contributed by atoms with Gasteiger partial charge in [0.1, 0.15) is 23.8 Å². The Bertz CT molecular complexity index is 728. The van der Waals surface area contributed by atoms with Crippen LogP contribution in [0.3, 0.4) is 0 Å². The van der Waals surface area contributed by atoms with Crippen LogP contribution >= 0.6 is 24.8 Å². The van der Waals surface area contributed by atoms with E-state index in [9.17, 15) is 9.18 Å². The number of nitrogens with one attached hydrogen (secondary N) is 1. The lowest BCUT2D eigenvalue weighted by molar-refractivity contribution is -0.132. The molecule has 26 heavy (non-hydrogen) atoms. The number of rotatable bonds is 5.